The lowest BCUT2D eigenvalue weighted by Crippen LogP contribution is -2.31. The number of methoxy groups -OCH3 is 1. The van der Waals surface area contributed by atoms with E-state index in [1.165, 1.54) is 7.11 Å². The molecule has 1 aromatic carbocycles. The van der Waals surface area contributed by atoms with Crippen molar-refractivity contribution in [2.75, 3.05) is 13.7 Å². The van der Waals surface area contributed by atoms with Gasteiger partial charge in [0.1, 0.15) is 12.4 Å². The van der Waals surface area contributed by atoms with E-state index in [-0.39, 0.29) is 18.4 Å². The number of esters is 1. The molecular formula is C13H19NO3. The summed E-state index contributed by atoms with van der Waals surface area (Å²) < 4.78 is 10.1. The van der Waals surface area contributed by atoms with Gasteiger partial charge in [0, 0.05) is 6.04 Å². The second kappa shape index (κ2) is 6.91. The third-order valence-corrected chi connectivity index (χ3v) is 2.46. The average molecular weight is 237 g/mol. The molecule has 2 N–H and O–H groups in total. The molecule has 0 aliphatic rings. The highest BCUT2D eigenvalue weighted by Crippen LogP contribution is 2.18. The molecule has 94 valence electrons. The van der Waals surface area contributed by atoms with Gasteiger partial charge in [-0.1, -0.05) is 25.1 Å². The molecule has 0 saturated heterocycles. The van der Waals surface area contributed by atoms with Crippen molar-refractivity contribution in [1.29, 1.82) is 0 Å². The van der Waals surface area contributed by atoms with E-state index in [4.69, 9.17) is 10.5 Å². The zero-order chi connectivity index (χ0) is 12.7. The molecule has 0 fully saturated rings. The second-order valence-corrected chi connectivity index (χ2v) is 3.81. The Morgan fingerprint density at radius 1 is 1.41 bits per heavy atom. The molecule has 1 rings (SSSR count). The average Bonchev–Trinajstić information content (AvgIpc) is 2.36. The van der Waals surface area contributed by atoms with Gasteiger partial charge in [0.05, 0.1) is 13.5 Å². The predicted octanol–water partition coefficient (Wildman–Crippen LogP) is 1.52. The van der Waals surface area contributed by atoms with Gasteiger partial charge in [0.15, 0.2) is 0 Å². The Morgan fingerprint density at radius 3 is 2.76 bits per heavy atom. The SMILES string of the molecule is CCc1ccccc1OCC(N)CC(=O)OC. The monoisotopic (exact) mass is 237 g/mol. The number of benzene rings is 1. The number of carbonyl (C=O) groups is 1. The summed E-state index contributed by atoms with van der Waals surface area (Å²) in [5.41, 5.74) is 6.90. The van der Waals surface area contributed by atoms with Crippen molar-refractivity contribution in [1.82, 2.24) is 0 Å². The topological polar surface area (TPSA) is 61.5 Å². The van der Waals surface area contributed by atoms with Crippen molar-refractivity contribution in [2.24, 2.45) is 5.73 Å². The highest BCUT2D eigenvalue weighted by Gasteiger charge is 2.11. The maximum absolute atomic E-state index is 11.0. The van der Waals surface area contributed by atoms with Gasteiger partial charge >= 0.3 is 5.97 Å². The third-order valence-electron chi connectivity index (χ3n) is 2.46. The first kappa shape index (κ1) is 13.5. The van der Waals surface area contributed by atoms with Gasteiger partial charge in [-0.3, -0.25) is 4.79 Å². The number of para-hydroxylation sites is 1. The van der Waals surface area contributed by atoms with E-state index < -0.39 is 0 Å². The Bertz CT molecular complexity index is 365. The van der Waals surface area contributed by atoms with Crippen LogP contribution in [-0.4, -0.2) is 25.7 Å². The van der Waals surface area contributed by atoms with E-state index in [0.717, 1.165) is 17.7 Å². The quantitative estimate of drug-likeness (QED) is 0.762. The predicted molar refractivity (Wildman–Crippen MR) is 65.9 cm³/mol. The molecule has 0 aliphatic heterocycles. The Hall–Kier alpha value is -1.55. The molecule has 4 nitrogen and oxygen atoms in total. The lowest BCUT2D eigenvalue weighted by molar-refractivity contribution is -0.141. The lowest BCUT2D eigenvalue weighted by Gasteiger charge is -2.14. The number of rotatable bonds is 6. The molecular weight excluding hydrogens is 218 g/mol. The minimum atomic E-state index is -0.340. The second-order valence-electron chi connectivity index (χ2n) is 3.81. The number of ether oxygens (including phenoxy) is 2. The minimum absolute atomic E-state index is 0.171. The van der Waals surface area contributed by atoms with E-state index in [1.807, 2.05) is 24.3 Å². The summed E-state index contributed by atoms with van der Waals surface area (Å²) in [5, 5.41) is 0. The zero-order valence-corrected chi connectivity index (χ0v) is 10.3. The van der Waals surface area contributed by atoms with Crippen LogP contribution in [0.15, 0.2) is 24.3 Å². The Morgan fingerprint density at radius 2 is 2.12 bits per heavy atom. The van der Waals surface area contributed by atoms with Crippen LogP contribution in [0.25, 0.3) is 0 Å². The van der Waals surface area contributed by atoms with Crippen LogP contribution in [0.1, 0.15) is 18.9 Å². The van der Waals surface area contributed by atoms with Crippen LogP contribution in [0.5, 0.6) is 5.75 Å². The molecule has 0 spiro atoms. The largest absolute Gasteiger partial charge is 0.492 e. The molecule has 0 saturated carbocycles. The first-order chi connectivity index (χ1) is 8.17. The number of carbonyl (C=O) groups excluding carboxylic acids is 1. The van der Waals surface area contributed by atoms with Gasteiger partial charge in [0.25, 0.3) is 0 Å². The van der Waals surface area contributed by atoms with Crippen molar-refractivity contribution < 1.29 is 14.3 Å². The molecule has 0 aromatic heterocycles. The molecule has 1 atom stereocenters. The van der Waals surface area contributed by atoms with Crippen LogP contribution >= 0.6 is 0 Å². The first-order valence-corrected chi connectivity index (χ1v) is 5.70. The summed E-state index contributed by atoms with van der Waals surface area (Å²) in [6.07, 6.45) is 1.08. The third kappa shape index (κ3) is 4.44. The molecule has 0 heterocycles. The van der Waals surface area contributed by atoms with Gasteiger partial charge in [-0.05, 0) is 18.1 Å². The van der Waals surface area contributed by atoms with Crippen molar-refractivity contribution in [2.45, 2.75) is 25.8 Å². The van der Waals surface area contributed by atoms with Crippen molar-refractivity contribution in [3.05, 3.63) is 29.8 Å². The van der Waals surface area contributed by atoms with Crippen LogP contribution < -0.4 is 10.5 Å². The summed E-state index contributed by atoms with van der Waals surface area (Å²) in [4.78, 5) is 11.0. The smallest absolute Gasteiger partial charge is 0.307 e. The zero-order valence-electron chi connectivity index (χ0n) is 10.3. The highest BCUT2D eigenvalue weighted by molar-refractivity contribution is 5.69. The molecule has 1 unspecified atom stereocenters. The lowest BCUT2D eigenvalue weighted by atomic mass is 10.1. The van der Waals surface area contributed by atoms with E-state index >= 15 is 0 Å². The fourth-order valence-corrected chi connectivity index (χ4v) is 1.49. The number of nitrogens with two attached hydrogens (primary N) is 1. The fourth-order valence-electron chi connectivity index (χ4n) is 1.49. The summed E-state index contributed by atoms with van der Waals surface area (Å²) in [5.74, 6) is 0.514. The number of hydrogen-bond acceptors (Lipinski definition) is 4. The number of aryl methyl sites for hydroxylation is 1. The number of hydrogen-bond donors (Lipinski definition) is 1. The van der Waals surface area contributed by atoms with Crippen LogP contribution in [0.2, 0.25) is 0 Å². The fraction of sp³-hybridized carbons (Fsp3) is 0.462. The van der Waals surface area contributed by atoms with E-state index in [9.17, 15) is 4.79 Å². The van der Waals surface area contributed by atoms with Crippen LogP contribution in [0.4, 0.5) is 0 Å². The molecule has 0 bridgehead atoms. The highest BCUT2D eigenvalue weighted by atomic mass is 16.5. The maximum atomic E-state index is 11.0. The standard InChI is InChI=1S/C13H19NO3/c1-3-10-6-4-5-7-12(10)17-9-11(14)8-13(15)16-2/h4-7,11H,3,8-9,14H2,1-2H3. The van der Waals surface area contributed by atoms with Crippen LogP contribution in [0, 0.1) is 0 Å². The van der Waals surface area contributed by atoms with E-state index in [2.05, 4.69) is 11.7 Å². The normalized spacial score (nSPS) is 11.9. The van der Waals surface area contributed by atoms with Gasteiger partial charge in [-0.25, -0.2) is 0 Å². The molecule has 0 radical (unpaired) electrons. The van der Waals surface area contributed by atoms with E-state index in [1.54, 1.807) is 0 Å². The van der Waals surface area contributed by atoms with Gasteiger partial charge in [-0.15, -0.1) is 0 Å². The van der Waals surface area contributed by atoms with Crippen molar-refractivity contribution >= 4 is 5.97 Å². The summed E-state index contributed by atoms with van der Waals surface area (Å²) >= 11 is 0. The molecule has 0 aliphatic carbocycles. The molecule has 1 aromatic rings. The van der Waals surface area contributed by atoms with E-state index in [0.29, 0.717) is 6.61 Å². The molecule has 17 heavy (non-hydrogen) atoms. The minimum Gasteiger partial charge on any atom is -0.492 e. The Labute approximate surface area is 102 Å². The summed E-state index contributed by atoms with van der Waals surface area (Å²) in [6.45, 7) is 2.38. The maximum Gasteiger partial charge on any atom is 0.307 e. The van der Waals surface area contributed by atoms with Gasteiger partial charge in [-0.2, -0.15) is 0 Å². The summed E-state index contributed by atoms with van der Waals surface area (Å²) in [6, 6.07) is 7.47. The summed E-state index contributed by atoms with van der Waals surface area (Å²) in [7, 11) is 1.35. The Balaban J connectivity index is 2.47. The van der Waals surface area contributed by atoms with Crippen molar-refractivity contribution in [3.8, 4) is 5.75 Å². The van der Waals surface area contributed by atoms with Gasteiger partial charge in [0.2, 0.25) is 0 Å². The first-order valence-electron chi connectivity index (χ1n) is 5.70. The molecule has 0 amide bonds. The van der Waals surface area contributed by atoms with Crippen LogP contribution in [-0.2, 0) is 16.0 Å². The van der Waals surface area contributed by atoms with Crippen LogP contribution in [0.3, 0.4) is 0 Å². The van der Waals surface area contributed by atoms with Crippen molar-refractivity contribution in [3.63, 3.8) is 0 Å². The molecule has 4 heteroatoms. The Kier molecular flexibility index (Phi) is 5.49. The van der Waals surface area contributed by atoms with Gasteiger partial charge < -0.3 is 15.2 Å².